The standard InChI is InChI=1S/C75H72N6O7/c1-47(2)84-63-28-19-55(20-29-63)62-41-48(3)74-78-43-70(80(74)46-62)58-23-34-66(35-24-58)87-51(6)12-10-50(5)86-65-32-21-56(22-33-65)68-38-40-73-77-44-71(81(73)53(68)8)59-25-36-67(37-26-59)88-52(7)11-9-49(4)85-64-30-17-54(18-31-64)61-27-39-72-76-42-69(79(72)45-61)57-13-15-60(16-14-57)75(82)83/h13-47,49-52H,9-12H2,1-8H3,(H,82,83). The highest BCUT2D eigenvalue weighted by Gasteiger charge is 2.18. The average molecular weight is 1170 g/mol. The quantitative estimate of drug-likeness (QED) is 0.0659. The van der Waals surface area contributed by atoms with E-state index in [0.29, 0.717) is 0 Å². The van der Waals surface area contributed by atoms with Crippen molar-refractivity contribution in [3.05, 3.63) is 224 Å². The van der Waals surface area contributed by atoms with Crippen LogP contribution in [0.25, 0.3) is 84.1 Å². The molecule has 0 radical (unpaired) electrons. The predicted molar refractivity (Wildman–Crippen MR) is 349 cm³/mol. The summed E-state index contributed by atoms with van der Waals surface area (Å²) in [6.45, 7) is 16.7. The molecule has 1 N–H and O–H groups in total. The first kappa shape index (κ1) is 58.3. The van der Waals surface area contributed by atoms with Crippen LogP contribution in [0.4, 0.5) is 0 Å². The molecule has 13 nitrogen and oxygen atoms in total. The molecule has 88 heavy (non-hydrogen) atoms. The zero-order chi connectivity index (χ0) is 61.0. The van der Waals surface area contributed by atoms with Crippen molar-refractivity contribution < 1.29 is 33.6 Å². The minimum Gasteiger partial charge on any atom is -0.491 e. The van der Waals surface area contributed by atoms with E-state index in [-0.39, 0.29) is 36.1 Å². The first-order valence-electron chi connectivity index (χ1n) is 30.3. The number of benzene rings is 6. The van der Waals surface area contributed by atoms with Gasteiger partial charge in [-0.2, -0.15) is 0 Å². The maximum atomic E-state index is 11.4. The zero-order valence-corrected chi connectivity index (χ0v) is 50.9. The molecule has 0 aliphatic carbocycles. The monoisotopic (exact) mass is 1170 g/mol. The first-order valence-corrected chi connectivity index (χ1v) is 30.3. The molecule has 0 aliphatic rings. The maximum Gasteiger partial charge on any atom is 0.335 e. The molecule has 6 heterocycles. The second-order valence-electron chi connectivity index (χ2n) is 23.2. The van der Waals surface area contributed by atoms with Gasteiger partial charge < -0.3 is 28.8 Å². The van der Waals surface area contributed by atoms with Crippen LogP contribution in [-0.2, 0) is 0 Å². The van der Waals surface area contributed by atoms with Gasteiger partial charge in [-0.1, -0.05) is 48.5 Å². The van der Waals surface area contributed by atoms with Crippen LogP contribution in [0, 0.1) is 13.8 Å². The fourth-order valence-corrected chi connectivity index (χ4v) is 11.5. The number of carbonyl (C=O) groups is 1. The molecular formula is C75H72N6O7. The first-order chi connectivity index (χ1) is 42.7. The van der Waals surface area contributed by atoms with Crippen LogP contribution in [0.2, 0.25) is 0 Å². The Bertz CT molecular complexity index is 4380. The number of pyridine rings is 3. The molecule has 0 aliphatic heterocycles. The Balaban J connectivity index is 0.602. The Kier molecular flexibility index (Phi) is 16.8. The predicted octanol–water partition coefficient (Wildman–Crippen LogP) is 17.8. The third kappa shape index (κ3) is 13.0. The number of rotatable bonds is 23. The van der Waals surface area contributed by atoms with Crippen LogP contribution >= 0.6 is 0 Å². The van der Waals surface area contributed by atoms with Crippen LogP contribution in [0.15, 0.2) is 207 Å². The highest BCUT2D eigenvalue weighted by atomic mass is 16.5. The number of imidazole rings is 3. The van der Waals surface area contributed by atoms with Crippen LogP contribution in [0.1, 0.15) is 88.8 Å². The number of aryl methyl sites for hydroxylation is 2. The summed E-state index contributed by atoms with van der Waals surface area (Å²) >= 11 is 0. The van der Waals surface area contributed by atoms with E-state index >= 15 is 0 Å². The summed E-state index contributed by atoms with van der Waals surface area (Å²) in [7, 11) is 0. The Labute approximate surface area is 513 Å². The minimum absolute atomic E-state index is 0.000793. The Hall–Kier alpha value is -10.1. The fraction of sp³-hybridized carbons (Fsp3) is 0.227. The largest absolute Gasteiger partial charge is 0.491 e. The molecule has 4 atom stereocenters. The van der Waals surface area contributed by atoms with Crippen molar-refractivity contribution in [3.8, 4) is 95.9 Å². The van der Waals surface area contributed by atoms with Crippen LogP contribution in [0.5, 0.6) is 28.7 Å². The van der Waals surface area contributed by atoms with Gasteiger partial charge in [-0.25, -0.2) is 19.7 Å². The number of hydrogen-bond acceptors (Lipinski definition) is 9. The molecule has 0 spiro atoms. The third-order valence-corrected chi connectivity index (χ3v) is 16.2. The smallest absolute Gasteiger partial charge is 0.335 e. The minimum atomic E-state index is -0.951. The molecule has 0 saturated heterocycles. The number of fused-ring (bicyclic) bond motifs is 3. The summed E-state index contributed by atoms with van der Waals surface area (Å²) in [5.41, 5.74) is 17.5. The highest BCUT2D eigenvalue weighted by molar-refractivity contribution is 5.88. The van der Waals surface area contributed by atoms with E-state index in [4.69, 9.17) is 33.7 Å². The van der Waals surface area contributed by atoms with Gasteiger partial charge in [0, 0.05) is 40.3 Å². The normalized spacial score (nSPS) is 13.0. The molecular weight excluding hydrogens is 1100 g/mol. The molecule has 6 aromatic heterocycles. The lowest BCUT2D eigenvalue weighted by Gasteiger charge is -2.19. The van der Waals surface area contributed by atoms with E-state index in [0.717, 1.165) is 150 Å². The van der Waals surface area contributed by atoms with E-state index in [1.807, 2.05) is 104 Å². The van der Waals surface area contributed by atoms with E-state index in [1.54, 1.807) is 12.1 Å². The molecule has 13 heteroatoms. The van der Waals surface area contributed by atoms with Crippen molar-refractivity contribution in [1.29, 1.82) is 0 Å². The topological polar surface area (TPSA) is 135 Å². The van der Waals surface area contributed by atoms with Crippen molar-refractivity contribution >= 4 is 22.9 Å². The van der Waals surface area contributed by atoms with Crippen LogP contribution in [-0.4, -0.2) is 69.7 Å². The molecule has 0 fully saturated rings. The van der Waals surface area contributed by atoms with Gasteiger partial charge in [0.15, 0.2) is 0 Å². The van der Waals surface area contributed by atoms with Crippen molar-refractivity contribution in [1.82, 2.24) is 28.2 Å². The number of hydrogen-bond donors (Lipinski definition) is 1. The van der Waals surface area contributed by atoms with Gasteiger partial charge in [-0.3, -0.25) is 13.2 Å². The second kappa shape index (κ2) is 25.4. The number of aromatic carboxylic acids is 1. The SMILES string of the molecule is Cc1cc(-c2ccc(OC(C)C)cc2)cn2c(-c3ccc(OC(C)CCC(C)Oc4ccc(-c5ccc6ncc(-c7ccc(OC(C)CCC(C)Oc8ccc(-c9ccc%10ncc(-c%11ccc(C(=O)O)cc%11)n%10c9)cc8)cc7)n6c5C)cc4)cc3)cnc12. The summed E-state index contributed by atoms with van der Waals surface area (Å²) in [5.74, 6) is 3.19. The summed E-state index contributed by atoms with van der Waals surface area (Å²) in [4.78, 5) is 25.5. The molecule has 4 unspecified atom stereocenters. The van der Waals surface area contributed by atoms with Gasteiger partial charge in [-0.15, -0.1) is 0 Å². The van der Waals surface area contributed by atoms with Crippen molar-refractivity contribution in [2.24, 2.45) is 0 Å². The van der Waals surface area contributed by atoms with E-state index in [2.05, 4.69) is 165 Å². The van der Waals surface area contributed by atoms with Crippen LogP contribution < -0.4 is 23.7 Å². The van der Waals surface area contributed by atoms with Crippen molar-refractivity contribution in [2.75, 3.05) is 0 Å². The molecule has 0 saturated carbocycles. The maximum absolute atomic E-state index is 11.4. The number of ether oxygens (including phenoxy) is 5. The summed E-state index contributed by atoms with van der Waals surface area (Å²) in [6.07, 6.45) is 13.3. The van der Waals surface area contributed by atoms with Crippen LogP contribution in [0.3, 0.4) is 0 Å². The van der Waals surface area contributed by atoms with E-state index < -0.39 is 5.97 Å². The summed E-state index contributed by atoms with van der Waals surface area (Å²) in [6, 6.07) is 58.6. The van der Waals surface area contributed by atoms with E-state index in [9.17, 15) is 9.90 Å². The van der Waals surface area contributed by atoms with Crippen molar-refractivity contribution in [2.45, 2.75) is 112 Å². The Morgan fingerprint density at radius 1 is 0.409 bits per heavy atom. The molecule has 12 rings (SSSR count). The van der Waals surface area contributed by atoms with E-state index in [1.165, 1.54) is 0 Å². The second-order valence-corrected chi connectivity index (χ2v) is 23.2. The highest BCUT2D eigenvalue weighted by Crippen LogP contribution is 2.35. The molecule has 12 aromatic rings. The molecule has 444 valence electrons. The van der Waals surface area contributed by atoms with Gasteiger partial charge >= 0.3 is 5.97 Å². The summed E-state index contributed by atoms with van der Waals surface area (Å²) < 4.78 is 37.9. The zero-order valence-electron chi connectivity index (χ0n) is 50.9. The van der Waals surface area contributed by atoms with Crippen molar-refractivity contribution in [3.63, 3.8) is 0 Å². The Morgan fingerprint density at radius 3 is 1.31 bits per heavy atom. The molecule has 0 amide bonds. The van der Waals surface area contributed by atoms with Gasteiger partial charge in [0.1, 0.15) is 45.7 Å². The molecule has 6 aromatic carbocycles. The lowest BCUT2D eigenvalue weighted by atomic mass is 10.0. The number of aromatic nitrogens is 6. The number of carboxylic acids is 1. The summed E-state index contributed by atoms with van der Waals surface area (Å²) in [5, 5.41) is 9.33. The van der Waals surface area contributed by atoms with Gasteiger partial charge in [0.25, 0.3) is 0 Å². The van der Waals surface area contributed by atoms with Gasteiger partial charge in [0.2, 0.25) is 0 Å². The van der Waals surface area contributed by atoms with Gasteiger partial charge in [0.05, 0.1) is 71.8 Å². The average Bonchev–Trinajstić information content (AvgIpc) is 1.82. The third-order valence-electron chi connectivity index (χ3n) is 16.2. The Morgan fingerprint density at radius 2 is 0.795 bits per heavy atom. The fourth-order valence-electron chi connectivity index (χ4n) is 11.5. The number of nitrogens with zero attached hydrogens (tertiary/aromatic N) is 6. The molecule has 0 bridgehead atoms. The van der Waals surface area contributed by atoms with Gasteiger partial charge in [-0.05, 0) is 242 Å². The lowest BCUT2D eigenvalue weighted by Crippen LogP contribution is -2.18. The lowest BCUT2D eigenvalue weighted by molar-refractivity contribution is 0.0696. The number of carboxylic acid groups (broad SMARTS) is 1.